The lowest BCUT2D eigenvalue weighted by molar-refractivity contribution is -0.121. The topological polar surface area (TPSA) is 51.7 Å². The third kappa shape index (κ3) is 3.01. The Bertz CT molecular complexity index is 894. The third-order valence-corrected chi connectivity index (χ3v) is 5.32. The molecule has 126 valence electrons. The van der Waals surface area contributed by atoms with Crippen LogP contribution in [0.2, 0.25) is 0 Å². The van der Waals surface area contributed by atoms with Crippen molar-refractivity contribution in [3.63, 3.8) is 0 Å². The van der Waals surface area contributed by atoms with E-state index in [4.69, 9.17) is 21.7 Å². The van der Waals surface area contributed by atoms with Gasteiger partial charge in [0.15, 0.2) is 11.5 Å². The van der Waals surface area contributed by atoms with Crippen LogP contribution in [0.1, 0.15) is 12.5 Å². The first kappa shape index (κ1) is 16.1. The van der Waals surface area contributed by atoms with Crippen LogP contribution < -0.4 is 9.47 Å². The van der Waals surface area contributed by atoms with E-state index in [1.54, 1.807) is 11.1 Å². The number of hydrogen-bond donors (Lipinski definition) is 0. The molecule has 0 unspecified atom stereocenters. The molecule has 0 aliphatic carbocycles. The number of nitrogens with zero attached hydrogens (tertiary/aromatic N) is 2. The average Bonchev–Trinajstić information content (AvgIpc) is 3.19. The van der Waals surface area contributed by atoms with Gasteiger partial charge in [-0.15, -0.1) is 0 Å². The number of hydrogen-bond acceptors (Lipinski definition) is 6. The number of carbonyl (C=O) groups excluding carboxylic acids is 1. The smallest absolute Gasteiger partial charge is 0.266 e. The predicted molar refractivity (Wildman–Crippen MR) is 101 cm³/mol. The van der Waals surface area contributed by atoms with Gasteiger partial charge in [-0.3, -0.25) is 14.7 Å². The van der Waals surface area contributed by atoms with Gasteiger partial charge in [0, 0.05) is 18.3 Å². The quantitative estimate of drug-likeness (QED) is 0.607. The van der Waals surface area contributed by atoms with Crippen LogP contribution >= 0.6 is 24.0 Å². The van der Waals surface area contributed by atoms with Crippen molar-refractivity contribution in [2.45, 2.75) is 6.92 Å². The molecule has 0 atom stereocenters. The van der Waals surface area contributed by atoms with E-state index in [2.05, 4.69) is 4.98 Å². The molecular weight excluding hydrogens is 356 g/mol. The van der Waals surface area contributed by atoms with Gasteiger partial charge in [0.1, 0.15) is 4.32 Å². The molecule has 0 saturated carbocycles. The molecule has 2 aliphatic heterocycles. The Morgan fingerprint density at radius 2 is 2.12 bits per heavy atom. The number of benzene rings is 1. The third-order valence-electron chi connectivity index (χ3n) is 3.94. The molecule has 4 rings (SSSR count). The highest BCUT2D eigenvalue weighted by Gasteiger charge is 2.30. The number of pyridine rings is 1. The standard InChI is InChI=1S/C18H14N2O3S2/c1-2-20-17(21)16(25-18(20)24)7-11-3-5-13(19-9-11)12-4-6-14-15(8-12)23-10-22-14/h3-9H,2,10H2,1H3/b16-7-. The molecule has 1 aromatic heterocycles. The summed E-state index contributed by atoms with van der Waals surface area (Å²) in [6, 6.07) is 9.59. The Morgan fingerprint density at radius 3 is 2.84 bits per heavy atom. The SMILES string of the molecule is CCN1C(=O)/C(=C/c2ccc(-c3ccc4c(c3)OCO4)nc2)SC1=S. The number of amides is 1. The molecule has 5 nitrogen and oxygen atoms in total. The molecule has 2 aliphatic rings. The van der Waals surface area contributed by atoms with E-state index in [1.807, 2.05) is 43.3 Å². The minimum atomic E-state index is -0.0441. The summed E-state index contributed by atoms with van der Waals surface area (Å²) in [5.74, 6) is 1.43. The maximum Gasteiger partial charge on any atom is 0.266 e. The van der Waals surface area contributed by atoms with Crippen molar-refractivity contribution in [2.75, 3.05) is 13.3 Å². The van der Waals surface area contributed by atoms with Crippen LogP contribution in [-0.2, 0) is 4.79 Å². The molecule has 25 heavy (non-hydrogen) atoms. The lowest BCUT2D eigenvalue weighted by Crippen LogP contribution is -2.27. The highest BCUT2D eigenvalue weighted by Crippen LogP contribution is 2.36. The molecule has 0 bridgehead atoms. The zero-order valence-corrected chi connectivity index (χ0v) is 15.0. The van der Waals surface area contributed by atoms with Crippen LogP contribution in [0.4, 0.5) is 0 Å². The summed E-state index contributed by atoms with van der Waals surface area (Å²) in [6.45, 7) is 2.75. The van der Waals surface area contributed by atoms with Crippen LogP contribution in [0, 0.1) is 0 Å². The van der Waals surface area contributed by atoms with E-state index in [1.165, 1.54) is 11.8 Å². The fourth-order valence-electron chi connectivity index (χ4n) is 2.64. The molecule has 0 radical (unpaired) electrons. The Morgan fingerprint density at radius 1 is 1.28 bits per heavy atom. The Kier molecular flexibility index (Phi) is 4.19. The normalized spacial score (nSPS) is 17.6. The fraction of sp³-hybridized carbons (Fsp3) is 0.167. The molecule has 0 spiro atoms. The Hall–Kier alpha value is -2.38. The number of thiocarbonyl (C=S) groups is 1. The summed E-state index contributed by atoms with van der Waals surface area (Å²) in [5.41, 5.74) is 2.64. The van der Waals surface area contributed by atoms with Crippen LogP contribution in [-0.4, -0.2) is 33.4 Å². The molecule has 1 fully saturated rings. The van der Waals surface area contributed by atoms with E-state index in [0.717, 1.165) is 28.3 Å². The number of fused-ring (bicyclic) bond motifs is 1. The number of ether oxygens (including phenoxy) is 2. The van der Waals surface area contributed by atoms with Gasteiger partial charge in [-0.1, -0.05) is 30.0 Å². The predicted octanol–water partition coefficient (Wildman–Crippen LogP) is 3.70. The summed E-state index contributed by atoms with van der Waals surface area (Å²) in [6.07, 6.45) is 3.57. The molecular formula is C18H14N2O3S2. The second-order valence-corrected chi connectivity index (χ2v) is 7.15. The Labute approximate surface area is 154 Å². The minimum absolute atomic E-state index is 0.0441. The molecule has 1 saturated heterocycles. The van der Waals surface area contributed by atoms with Gasteiger partial charge in [0.05, 0.1) is 10.6 Å². The monoisotopic (exact) mass is 370 g/mol. The number of thioether (sulfide) groups is 1. The van der Waals surface area contributed by atoms with E-state index in [0.29, 0.717) is 15.8 Å². The zero-order valence-electron chi connectivity index (χ0n) is 13.4. The van der Waals surface area contributed by atoms with Crippen molar-refractivity contribution in [3.8, 4) is 22.8 Å². The first-order valence-electron chi connectivity index (χ1n) is 7.77. The van der Waals surface area contributed by atoms with Crippen LogP contribution in [0.3, 0.4) is 0 Å². The molecule has 0 N–H and O–H groups in total. The van der Waals surface area contributed by atoms with Gasteiger partial charge in [0.2, 0.25) is 6.79 Å². The molecule has 3 heterocycles. The summed E-state index contributed by atoms with van der Waals surface area (Å²) in [4.78, 5) is 19.0. The van der Waals surface area contributed by atoms with Crippen molar-refractivity contribution in [1.82, 2.24) is 9.88 Å². The summed E-state index contributed by atoms with van der Waals surface area (Å²) in [5, 5.41) is 0. The van der Waals surface area contributed by atoms with Gasteiger partial charge >= 0.3 is 0 Å². The summed E-state index contributed by atoms with van der Waals surface area (Å²) >= 11 is 6.55. The average molecular weight is 370 g/mol. The summed E-state index contributed by atoms with van der Waals surface area (Å²) in [7, 11) is 0. The van der Waals surface area contributed by atoms with Gasteiger partial charge in [0.25, 0.3) is 5.91 Å². The van der Waals surface area contributed by atoms with Crippen LogP contribution in [0.15, 0.2) is 41.4 Å². The second kappa shape index (κ2) is 6.50. The van der Waals surface area contributed by atoms with Crippen molar-refractivity contribution in [2.24, 2.45) is 0 Å². The van der Waals surface area contributed by atoms with Crippen molar-refractivity contribution in [1.29, 1.82) is 0 Å². The second-order valence-electron chi connectivity index (χ2n) is 5.47. The Balaban J connectivity index is 1.58. The van der Waals surface area contributed by atoms with Crippen molar-refractivity contribution < 1.29 is 14.3 Å². The van der Waals surface area contributed by atoms with Crippen LogP contribution in [0.25, 0.3) is 17.3 Å². The first-order valence-corrected chi connectivity index (χ1v) is 8.99. The van der Waals surface area contributed by atoms with Gasteiger partial charge in [-0.2, -0.15) is 0 Å². The van der Waals surface area contributed by atoms with Crippen LogP contribution in [0.5, 0.6) is 11.5 Å². The van der Waals surface area contributed by atoms with E-state index in [-0.39, 0.29) is 12.7 Å². The van der Waals surface area contributed by atoms with E-state index < -0.39 is 0 Å². The largest absolute Gasteiger partial charge is 0.454 e. The maximum atomic E-state index is 12.3. The zero-order chi connectivity index (χ0) is 17.4. The molecule has 1 amide bonds. The lowest BCUT2D eigenvalue weighted by atomic mass is 10.1. The van der Waals surface area contributed by atoms with Gasteiger partial charge < -0.3 is 9.47 Å². The minimum Gasteiger partial charge on any atom is -0.454 e. The van der Waals surface area contributed by atoms with E-state index >= 15 is 0 Å². The molecule has 7 heteroatoms. The molecule has 1 aromatic carbocycles. The fourth-order valence-corrected chi connectivity index (χ4v) is 4.03. The van der Waals surface area contributed by atoms with Crippen molar-refractivity contribution in [3.05, 3.63) is 47.0 Å². The van der Waals surface area contributed by atoms with Gasteiger partial charge in [-0.05, 0) is 42.8 Å². The number of rotatable bonds is 3. The van der Waals surface area contributed by atoms with Crippen molar-refractivity contribution >= 4 is 40.3 Å². The highest BCUT2D eigenvalue weighted by atomic mass is 32.2. The van der Waals surface area contributed by atoms with E-state index in [9.17, 15) is 4.79 Å². The lowest BCUT2D eigenvalue weighted by Gasteiger charge is -2.09. The molecule has 2 aromatic rings. The number of carbonyl (C=O) groups is 1. The highest BCUT2D eigenvalue weighted by molar-refractivity contribution is 8.26. The summed E-state index contributed by atoms with van der Waals surface area (Å²) < 4.78 is 11.3. The first-order chi connectivity index (χ1) is 12.2. The maximum absolute atomic E-state index is 12.3. The number of likely N-dealkylation sites (N-methyl/N-ethyl adjacent to an activating group) is 1. The number of aromatic nitrogens is 1. The van der Waals surface area contributed by atoms with Gasteiger partial charge in [-0.25, -0.2) is 0 Å².